The third-order valence-electron chi connectivity index (χ3n) is 2.66. The fourth-order valence-corrected chi connectivity index (χ4v) is 1.57. The average Bonchev–Trinajstić information content (AvgIpc) is 2.83. The van der Waals surface area contributed by atoms with Crippen LogP contribution in [-0.2, 0) is 0 Å². The molecular weight excluding hydrogens is 192 g/mol. The fraction of sp³-hybridized carbons (Fsp3) is 0.400. The standard InChI is InChI=1S/C10H10N4O/c1-6-4-7(6)10-13-9(14-15-10)8-5-11-2-3-12-8/h2-3,5-7H,4H2,1H3/t6-,7+/m1/s1. The maximum atomic E-state index is 5.18. The summed E-state index contributed by atoms with van der Waals surface area (Å²) in [6.45, 7) is 2.18. The second-order valence-electron chi connectivity index (χ2n) is 3.87. The van der Waals surface area contributed by atoms with Crippen LogP contribution in [0.15, 0.2) is 23.1 Å². The van der Waals surface area contributed by atoms with Crippen LogP contribution in [0.2, 0.25) is 0 Å². The van der Waals surface area contributed by atoms with E-state index in [4.69, 9.17) is 4.52 Å². The monoisotopic (exact) mass is 202 g/mol. The van der Waals surface area contributed by atoms with E-state index in [0.717, 1.165) is 12.3 Å². The van der Waals surface area contributed by atoms with Gasteiger partial charge in [0, 0.05) is 18.3 Å². The van der Waals surface area contributed by atoms with Gasteiger partial charge in [-0.1, -0.05) is 12.1 Å². The topological polar surface area (TPSA) is 64.7 Å². The Kier molecular flexibility index (Phi) is 1.77. The van der Waals surface area contributed by atoms with Crippen LogP contribution in [0.3, 0.4) is 0 Å². The maximum Gasteiger partial charge on any atom is 0.230 e. The molecule has 0 saturated heterocycles. The fourth-order valence-electron chi connectivity index (χ4n) is 1.57. The van der Waals surface area contributed by atoms with Gasteiger partial charge in [-0.05, 0) is 12.3 Å². The molecule has 1 fully saturated rings. The van der Waals surface area contributed by atoms with Crippen LogP contribution in [0.4, 0.5) is 0 Å². The predicted molar refractivity (Wildman–Crippen MR) is 51.8 cm³/mol. The molecule has 1 saturated carbocycles. The third-order valence-corrected chi connectivity index (χ3v) is 2.66. The van der Waals surface area contributed by atoms with Crippen molar-refractivity contribution in [2.24, 2.45) is 5.92 Å². The highest BCUT2D eigenvalue weighted by Gasteiger charge is 2.39. The largest absolute Gasteiger partial charge is 0.339 e. The molecule has 0 N–H and O–H groups in total. The summed E-state index contributed by atoms with van der Waals surface area (Å²) in [4.78, 5) is 12.4. The average molecular weight is 202 g/mol. The molecule has 5 nitrogen and oxygen atoms in total. The SMILES string of the molecule is C[C@@H]1C[C@@H]1c1nc(-c2cnccn2)no1. The van der Waals surface area contributed by atoms with Gasteiger partial charge in [0.15, 0.2) is 0 Å². The van der Waals surface area contributed by atoms with Gasteiger partial charge < -0.3 is 4.52 Å². The van der Waals surface area contributed by atoms with Crippen molar-refractivity contribution in [3.8, 4) is 11.5 Å². The molecule has 0 bridgehead atoms. The van der Waals surface area contributed by atoms with E-state index >= 15 is 0 Å². The van der Waals surface area contributed by atoms with Crippen LogP contribution in [0.5, 0.6) is 0 Å². The molecule has 76 valence electrons. The Morgan fingerprint density at radius 1 is 1.40 bits per heavy atom. The van der Waals surface area contributed by atoms with Crippen molar-refractivity contribution in [2.45, 2.75) is 19.3 Å². The molecule has 0 unspecified atom stereocenters. The van der Waals surface area contributed by atoms with Crippen LogP contribution in [0, 0.1) is 5.92 Å². The zero-order valence-electron chi connectivity index (χ0n) is 8.29. The van der Waals surface area contributed by atoms with Gasteiger partial charge in [-0.3, -0.25) is 4.98 Å². The van der Waals surface area contributed by atoms with Crippen molar-refractivity contribution in [3.63, 3.8) is 0 Å². The van der Waals surface area contributed by atoms with Crippen LogP contribution in [0.1, 0.15) is 25.2 Å². The Hall–Kier alpha value is -1.78. The molecule has 0 spiro atoms. The second-order valence-corrected chi connectivity index (χ2v) is 3.87. The lowest BCUT2D eigenvalue weighted by Crippen LogP contribution is -1.87. The molecule has 1 aliphatic rings. The van der Waals surface area contributed by atoms with E-state index in [1.807, 2.05) is 0 Å². The first-order chi connectivity index (χ1) is 7.34. The molecule has 2 atom stereocenters. The molecular formula is C10H10N4O. The maximum absolute atomic E-state index is 5.18. The Morgan fingerprint density at radius 2 is 2.27 bits per heavy atom. The van der Waals surface area contributed by atoms with Gasteiger partial charge in [0.25, 0.3) is 0 Å². The van der Waals surface area contributed by atoms with E-state index < -0.39 is 0 Å². The second kappa shape index (κ2) is 3.12. The summed E-state index contributed by atoms with van der Waals surface area (Å²) in [5.74, 6) is 2.36. The Balaban J connectivity index is 1.91. The van der Waals surface area contributed by atoms with Crippen molar-refractivity contribution in [1.29, 1.82) is 0 Å². The van der Waals surface area contributed by atoms with E-state index in [9.17, 15) is 0 Å². The van der Waals surface area contributed by atoms with E-state index in [0.29, 0.717) is 23.4 Å². The highest BCUT2D eigenvalue weighted by atomic mass is 16.5. The lowest BCUT2D eigenvalue weighted by Gasteiger charge is -1.88. The molecule has 0 aromatic carbocycles. The summed E-state index contributed by atoms with van der Waals surface area (Å²) in [6, 6.07) is 0. The zero-order chi connectivity index (χ0) is 10.3. The normalized spacial score (nSPS) is 24.1. The minimum atomic E-state index is 0.447. The van der Waals surface area contributed by atoms with Gasteiger partial charge in [0.05, 0.1) is 6.20 Å². The Bertz CT molecular complexity index is 467. The van der Waals surface area contributed by atoms with Gasteiger partial charge in [0.1, 0.15) is 5.69 Å². The van der Waals surface area contributed by atoms with Crippen molar-refractivity contribution in [2.75, 3.05) is 0 Å². The van der Waals surface area contributed by atoms with E-state index in [2.05, 4.69) is 27.0 Å². The lowest BCUT2D eigenvalue weighted by atomic mass is 10.3. The molecule has 0 amide bonds. The minimum Gasteiger partial charge on any atom is -0.339 e. The molecule has 2 heterocycles. The highest BCUT2D eigenvalue weighted by Crippen LogP contribution is 2.46. The van der Waals surface area contributed by atoms with Crippen molar-refractivity contribution in [3.05, 3.63) is 24.5 Å². The molecule has 15 heavy (non-hydrogen) atoms. The minimum absolute atomic E-state index is 0.447. The third kappa shape index (κ3) is 1.49. The van der Waals surface area contributed by atoms with Gasteiger partial charge in [0.2, 0.25) is 11.7 Å². The van der Waals surface area contributed by atoms with E-state index in [-0.39, 0.29) is 0 Å². The number of rotatable bonds is 2. The smallest absolute Gasteiger partial charge is 0.230 e. The molecule has 1 aliphatic carbocycles. The summed E-state index contributed by atoms with van der Waals surface area (Å²) in [5, 5.41) is 3.89. The molecule has 3 rings (SSSR count). The van der Waals surface area contributed by atoms with Crippen molar-refractivity contribution >= 4 is 0 Å². The Labute approximate surface area is 86.6 Å². The van der Waals surface area contributed by atoms with E-state index in [1.165, 1.54) is 0 Å². The van der Waals surface area contributed by atoms with Gasteiger partial charge in [-0.15, -0.1) is 0 Å². The van der Waals surface area contributed by atoms with Crippen LogP contribution < -0.4 is 0 Å². The molecule has 2 aromatic rings. The van der Waals surface area contributed by atoms with Crippen molar-refractivity contribution < 1.29 is 4.52 Å². The summed E-state index contributed by atoms with van der Waals surface area (Å²) in [6.07, 6.45) is 6.01. The summed E-state index contributed by atoms with van der Waals surface area (Å²) in [7, 11) is 0. The molecule has 0 radical (unpaired) electrons. The van der Waals surface area contributed by atoms with Crippen LogP contribution in [0.25, 0.3) is 11.5 Å². The number of hydrogen-bond donors (Lipinski definition) is 0. The lowest BCUT2D eigenvalue weighted by molar-refractivity contribution is 0.376. The van der Waals surface area contributed by atoms with Gasteiger partial charge in [-0.25, -0.2) is 4.98 Å². The Morgan fingerprint density at radius 3 is 2.93 bits per heavy atom. The van der Waals surface area contributed by atoms with Crippen LogP contribution >= 0.6 is 0 Å². The number of aromatic nitrogens is 4. The zero-order valence-corrected chi connectivity index (χ0v) is 8.29. The van der Waals surface area contributed by atoms with Gasteiger partial charge >= 0.3 is 0 Å². The van der Waals surface area contributed by atoms with Crippen molar-refractivity contribution in [1.82, 2.24) is 20.1 Å². The highest BCUT2D eigenvalue weighted by molar-refractivity contribution is 5.45. The predicted octanol–water partition coefficient (Wildman–Crippen LogP) is 1.65. The first kappa shape index (κ1) is 8.52. The summed E-state index contributed by atoms with van der Waals surface area (Å²) < 4.78 is 5.18. The molecule has 5 heteroatoms. The quantitative estimate of drug-likeness (QED) is 0.740. The van der Waals surface area contributed by atoms with Gasteiger partial charge in [-0.2, -0.15) is 4.98 Å². The first-order valence-electron chi connectivity index (χ1n) is 4.94. The summed E-state index contributed by atoms with van der Waals surface area (Å²) >= 11 is 0. The first-order valence-corrected chi connectivity index (χ1v) is 4.94. The molecule has 0 aliphatic heterocycles. The van der Waals surface area contributed by atoms with E-state index in [1.54, 1.807) is 18.6 Å². The number of hydrogen-bond acceptors (Lipinski definition) is 5. The van der Waals surface area contributed by atoms with Crippen LogP contribution in [-0.4, -0.2) is 20.1 Å². The molecule has 2 aromatic heterocycles. The summed E-state index contributed by atoms with van der Waals surface area (Å²) in [5.41, 5.74) is 0.654. The number of nitrogens with zero attached hydrogens (tertiary/aromatic N) is 4.